The summed E-state index contributed by atoms with van der Waals surface area (Å²) in [5.41, 5.74) is 15.5. The second-order valence-corrected chi connectivity index (χ2v) is 35.8. The van der Waals surface area contributed by atoms with Gasteiger partial charge in [0, 0.05) is 68.1 Å². The van der Waals surface area contributed by atoms with Crippen molar-refractivity contribution in [2.24, 2.45) is 10.8 Å². The fourth-order valence-corrected chi connectivity index (χ4v) is 10.7. The molecule has 0 aromatic carbocycles. The van der Waals surface area contributed by atoms with Crippen LogP contribution in [0.5, 0.6) is 0 Å². The van der Waals surface area contributed by atoms with Crippen molar-refractivity contribution in [1.29, 1.82) is 0 Å². The molecule has 6 heteroatoms. The maximum absolute atomic E-state index is 5.56. The average molecular weight is 1130 g/mol. The first-order chi connectivity index (χ1) is 35.9. The largest absolute Gasteiger partial charge is 0.468 e. The van der Waals surface area contributed by atoms with Gasteiger partial charge in [-0.3, -0.25) is 19.9 Å². The summed E-state index contributed by atoms with van der Waals surface area (Å²) in [5.74, 6) is 1.11. The molecule has 0 fully saturated rings. The molecule has 0 aliphatic heterocycles. The molecule has 0 radical (unpaired) electrons. The molecular formula is C75H124N4OS. The van der Waals surface area contributed by atoms with Crippen LogP contribution in [0.1, 0.15) is 311 Å². The molecule has 5 heterocycles. The lowest BCUT2D eigenvalue weighted by Crippen LogP contribution is -2.24. The predicted octanol–water partition coefficient (Wildman–Crippen LogP) is 23.0. The average Bonchev–Trinajstić information content (AvgIpc) is 4.08. The zero-order valence-electron chi connectivity index (χ0n) is 59.4. The lowest BCUT2D eigenvalue weighted by molar-refractivity contribution is 0.392. The number of furan rings is 1. The van der Waals surface area contributed by atoms with Crippen LogP contribution in [-0.4, -0.2) is 19.9 Å². The molecule has 0 amide bonds. The van der Waals surface area contributed by atoms with Gasteiger partial charge in [-0.1, -0.05) is 279 Å². The molecule has 0 atom stereocenters. The summed E-state index contributed by atoms with van der Waals surface area (Å²) in [6, 6.07) is 12.8. The van der Waals surface area contributed by atoms with E-state index in [0.717, 1.165) is 23.6 Å². The monoisotopic (exact) mass is 1130 g/mol. The molecule has 0 saturated heterocycles. The number of hydrogen-bond acceptors (Lipinski definition) is 6. The summed E-state index contributed by atoms with van der Waals surface area (Å²) < 4.78 is 5.56. The summed E-state index contributed by atoms with van der Waals surface area (Å²) in [7, 11) is 0. The first-order valence-electron chi connectivity index (χ1n) is 30.2. The highest BCUT2D eigenvalue weighted by molar-refractivity contribution is 7.10. The molecule has 5 aromatic heterocycles. The van der Waals surface area contributed by atoms with Crippen molar-refractivity contribution in [3.63, 3.8) is 0 Å². The number of aromatic nitrogens is 4. The number of allylic oxidation sites excluding steroid dienone is 4. The SMILES string of the molecule is CC(C)(C)C1=C(C(C)(C)C)CC=C1.CC(C)(C)c1cccnc1C(C)(C)C.CC(C)(C)c1cccnc1C(C)(C)C.CC(C)(C)c1ccoc1C(C)(C)C.CC(C)(C)c1ccsc1C(C)(C)C.CC(C)(C)c1nccnc1C(C)(C)C. The molecule has 81 heavy (non-hydrogen) atoms. The molecule has 6 rings (SSSR count). The highest BCUT2D eigenvalue weighted by atomic mass is 32.1. The van der Waals surface area contributed by atoms with Crippen LogP contribution in [0.3, 0.4) is 0 Å². The van der Waals surface area contributed by atoms with Crippen LogP contribution in [0.4, 0.5) is 0 Å². The molecule has 5 aromatic rings. The van der Waals surface area contributed by atoms with Gasteiger partial charge in [0.1, 0.15) is 5.76 Å². The van der Waals surface area contributed by atoms with Gasteiger partial charge in [0.25, 0.3) is 0 Å². The van der Waals surface area contributed by atoms with Crippen LogP contribution in [0.2, 0.25) is 0 Å². The molecule has 5 nitrogen and oxygen atoms in total. The smallest absolute Gasteiger partial charge is 0.112 e. The summed E-state index contributed by atoms with van der Waals surface area (Å²) in [5, 5.41) is 2.21. The van der Waals surface area contributed by atoms with Crippen molar-refractivity contribution < 1.29 is 4.42 Å². The van der Waals surface area contributed by atoms with Gasteiger partial charge < -0.3 is 4.42 Å². The number of nitrogens with zero attached hydrogens (tertiary/aromatic N) is 4. The lowest BCUT2D eigenvalue weighted by atomic mass is 9.76. The first-order valence-corrected chi connectivity index (χ1v) is 31.1. The van der Waals surface area contributed by atoms with Crippen molar-refractivity contribution in [3.05, 3.63) is 152 Å². The van der Waals surface area contributed by atoms with Gasteiger partial charge in [0.15, 0.2) is 0 Å². The van der Waals surface area contributed by atoms with E-state index in [9.17, 15) is 0 Å². The van der Waals surface area contributed by atoms with E-state index < -0.39 is 0 Å². The van der Waals surface area contributed by atoms with Crippen LogP contribution < -0.4 is 0 Å². The van der Waals surface area contributed by atoms with Gasteiger partial charge in [0.2, 0.25) is 0 Å². The van der Waals surface area contributed by atoms with Gasteiger partial charge in [-0.05, 0) is 102 Å². The van der Waals surface area contributed by atoms with Gasteiger partial charge in [-0.15, -0.1) is 11.3 Å². The minimum Gasteiger partial charge on any atom is -0.468 e. The zero-order chi connectivity index (χ0) is 63.8. The van der Waals surface area contributed by atoms with E-state index >= 15 is 0 Å². The summed E-state index contributed by atoms with van der Waals surface area (Å²) in [4.78, 5) is 19.5. The standard InChI is InChI=1S/2C13H21N.C13H22.C12H20N2.C12H20O.C12H20S/c2*1-12(2,3)10-8-7-9-14-11(10)13(4,5)6;1-12(2,3)10-8-7-9-11(10)13(4,5)6;1-11(2,3)9-10(12(4,5)6)14-8-7-13-9;2*1-11(2,3)9-7-8-13-10(9)12(4,5)6/h2*7-9H,1-6H3;7-8H,9H2,1-6H3;7-8H,1-6H3;2*7-8H,1-6H3. The van der Waals surface area contributed by atoms with Crippen molar-refractivity contribution in [3.8, 4) is 0 Å². The maximum Gasteiger partial charge on any atom is 0.112 e. The Morgan fingerprint density at radius 1 is 0.333 bits per heavy atom. The Balaban J connectivity index is 0.000000486. The first kappa shape index (κ1) is 74.9. The van der Waals surface area contributed by atoms with Crippen LogP contribution in [0.15, 0.2) is 101 Å². The van der Waals surface area contributed by atoms with E-state index in [4.69, 9.17) is 4.42 Å². The minimum atomic E-state index is 0.0663. The minimum absolute atomic E-state index is 0.0663. The van der Waals surface area contributed by atoms with E-state index in [1.54, 1.807) is 29.8 Å². The Kier molecular flexibility index (Phi) is 25.2. The fourth-order valence-electron chi connectivity index (χ4n) is 9.53. The Bertz CT molecular complexity index is 2380. The van der Waals surface area contributed by atoms with Gasteiger partial charge >= 0.3 is 0 Å². The van der Waals surface area contributed by atoms with E-state index in [2.05, 4.69) is 311 Å². The predicted molar refractivity (Wildman–Crippen MR) is 360 cm³/mol. The number of thiophene rings is 1. The van der Waals surface area contributed by atoms with Crippen molar-refractivity contribution in [2.45, 2.75) is 310 Å². The van der Waals surface area contributed by atoms with Crippen molar-refractivity contribution in [2.75, 3.05) is 0 Å². The summed E-state index contributed by atoms with van der Waals surface area (Å²) in [6.07, 6.45) is 14.9. The molecule has 1 aliphatic carbocycles. The van der Waals surface area contributed by atoms with Crippen LogP contribution >= 0.6 is 11.3 Å². The third-order valence-corrected chi connectivity index (χ3v) is 15.1. The molecule has 0 N–H and O–H groups in total. The van der Waals surface area contributed by atoms with E-state index in [1.165, 1.54) is 38.5 Å². The lowest BCUT2D eigenvalue weighted by Gasteiger charge is -2.29. The number of rotatable bonds is 0. The molecule has 0 spiro atoms. The topological polar surface area (TPSA) is 64.7 Å². The summed E-state index contributed by atoms with van der Waals surface area (Å²) >= 11 is 1.88. The number of pyridine rings is 2. The van der Waals surface area contributed by atoms with Crippen LogP contribution in [-0.2, 0) is 54.1 Å². The van der Waals surface area contributed by atoms with E-state index in [1.807, 2.05) is 35.9 Å². The second-order valence-electron chi connectivity index (χ2n) is 34.9. The van der Waals surface area contributed by atoms with Crippen LogP contribution in [0.25, 0.3) is 0 Å². The van der Waals surface area contributed by atoms with Crippen molar-refractivity contribution in [1.82, 2.24) is 19.9 Å². The fraction of sp³-hybridized carbons (Fsp3) is 0.653. The molecule has 0 unspecified atom stereocenters. The normalized spacial score (nSPS) is 14.0. The Morgan fingerprint density at radius 3 is 0.938 bits per heavy atom. The van der Waals surface area contributed by atoms with Gasteiger partial charge in [0.05, 0.1) is 17.7 Å². The molecule has 456 valence electrons. The third kappa shape index (κ3) is 24.2. The quantitative estimate of drug-likeness (QED) is 0.155. The molecule has 1 aliphatic rings. The highest BCUT2D eigenvalue weighted by Gasteiger charge is 2.32. The molecule has 0 bridgehead atoms. The molecular weight excluding hydrogens is 1000 g/mol. The Morgan fingerprint density at radius 2 is 0.691 bits per heavy atom. The second kappa shape index (κ2) is 27.3. The summed E-state index contributed by atoms with van der Waals surface area (Å²) in [6.45, 7) is 80.4. The van der Waals surface area contributed by atoms with Crippen molar-refractivity contribution >= 4 is 11.3 Å². The van der Waals surface area contributed by atoms with E-state index in [0.29, 0.717) is 10.8 Å². The Labute approximate surface area is 505 Å². The highest BCUT2D eigenvalue weighted by Crippen LogP contribution is 2.43. The third-order valence-electron chi connectivity index (χ3n) is 13.7. The van der Waals surface area contributed by atoms with Crippen LogP contribution in [0, 0.1) is 10.8 Å². The maximum atomic E-state index is 5.56. The zero-order valence-corrected chi connectivity index (χ0v) is 60.2. The Hall–Kier alpha value is -4.16. The molecule has 0 saturated carbocycles. The van der Waals surface area contributed by atoms with Gasteiger partial charge in [-0.25, -0.2) is 0 Å². The van der Waals surface area contributed by atoms with E-state index in [-0.39, 0.29) is 54.1 Å². The number of hydrogen-bond donors (Lipinski definition) is 0. The van der Waals surface area contributed by atoms with Gasteiger partial charge in [-0.2, -0.15) is 0 Å².